The van der Waals surface area contributed by atoms with Crippen LogP contribution < -0.4 is 10.9 Å². The van der Waals surface area contributed by atoms with E-state index in [0.29, 0.717) is 29.3 Å². The molecule has 3 rings (SSSR count). The van der Waals surface area contributed by atoms with Crippen LogP contribution in [0, 0.1) is 12.7 Å². The molecule has 0 unspecified atom stereocenters. The molecule has 0 aliphatic heterocycles. The van der Waals surface area contributed by atoms with Crippen LogP contribution in [-0.4, -0.2) is 9.97 Å². The molecule has 0 aliphatic rings. The summed E-state index contributed by atoms with van der Waals surface area (Å²) < 4.78 is 12.9. The van der Waals surface area contributed by atoms with Gasteiger partial charge in [0.1, 0.15) is 5.82 Å². The zero-order chi connectivity index (χ0) is 16.2. The molecule has 0 saturated heterocycles. The van der Waals surface area contributed by atoms with Gasteiger partial charge in [-0.15, -0.1) is 0 Å². The standard InChI is InChI=1S/C18H16FN3O/c1-12-16(11-13-5-3-2-4-6-13)17(23)22-18(20-12)21-15-9-7-14(19)8-10-15/h2-10H,11H2,1H3,(H2,20,21,22,23). The van der Waals surface area contributed by atoms with E-state index >= 15 is 0 Å². The van der Waals surface area contributed by atoms with Crippen molar-refractivity contribution in [3.63, 3.8) is 0 Å². The van der Waals surface area contributed by atoms with Crippen LogP contribution in [0.15, 0.2) is 59.4 Å². The molecular weight excluding hydrogens is 293 g/mol. The van der Waals surface area contributed by atoms with Gasteiger partial charge in [-0.05, 0) is 36.8 Å². The van der Waals surface area contributed by atoms with E-state index in [1.54, 1.807) is 12.1 Å². The first-order valence-electron chi connectivity index (χ1n) is 7.28. The van der Waals surface area contributed by atoms with Gasteiger partial charge >= 0.3 is 0 Å². The first kappa shape index (κ1) is 15.0. The van der Waals surface area contributed by atoms with Gasteiger partial charge in [0.2, 0.25) is 5.95 Å². The fraction of sp³-hybridized carbons (Fsp3) is 0.111. The van der Waals surface area contributed by atoms with Crippen molar-refractivity contribution in [1.82, 2.24) is 9.97 Å². The Balaban J connectivity index is 1.85. The van der Waals surface area contributed by atoms with Crippen LogP contribution in [0.2, 0.25) is 0 Å². The number of hydrogen-bond acceptors (Lipinski definition) is 3. The van der Waals surface area contributed by atoms with Crippen LogP contribution in [-0.2, 0) is 6.42 Å². The number of hydrogen-bond donors (Lipinski definition) is 2. The molecule has 1 aromatic heterocycles. The zero-order valence-electron chi connectivity index (χ0n) is 12.6. The van der Waals surface area contributed by atoms with Gasteiger partial charge < -0.3 is 5.32 Å². The smallest absolute Gasteiger partial charge is 0.256 e. The van der Waals surface area contributed by atoms with E-state index in [1.807, 2.05) is 37.3 Å². The van der Waals surface area contributed by atoms with Crippen molar-refractivity contribution in [3.8, 4) is 0 Å². The second-order valence-corrected chi connectivity index (χ2v) is 5.27. The number of rotatable bonds is 4. The zero-order valence-corrected chi connectivity index (χ0v) is 12.6. The second-order valence-electron chi connectivity index (χ2n) is 5.27. The van der Waals surface area contributed by atoms with Crippen LogP contribution in [0.5, 0.6) is 0 Å². The average Bonchev–Trinajstić information content (AvgIpc) is 2.54. The first-order chi connectivity index (χ1) is 11.1. The van der Waals surface area contributed by atoms with Gasteiger partial charge in [-0.2, -0.15) is 0 Å². The summed E-state index contributed by atoms with van der Waals surface area (Å²) in [5, 5.41) is 2.97. The van der Waals surface area contributed by atoms with Crippen molar-refractivity contribution < 1.29 is 4.39 Å². The summed E-state index contributed by atoms with van der Waals surface area (Å²) in [5.74, 6) is 0.0299. The lowest BCUT2D eigenvalue weighted by atomic mass is 10.1. The number of anilines is 2. The normalized spacial score (nSPS) is 10.5. The number of nitrogens with zero attached hydrogens (tertiary/aromatic N) is 1. The van der Waals surface area contributed by atoms with Crippen LogP contribution in [0.25, 0.3) is 0 Å². The molecule has 4 nitrogen and oxygen atoms in total. The van der Waals surface area contributed by atoms with Crippen LogP contribution in [0.3, 0.4) is 0 Å². The highest BCUT2D eigenvalue weighted by molar-refractivity contribution is 5.53. The third-order valence-electron chi connectivity index (χ3n) is 3.55. The van der Waals surface area contributed by atoms with Crippen molar-refractivity contribution in [2.75, 3.05) is 5.32 Å². The molecule has 0 amide bonds. The molecule has 0 aliphatic carbocycles. The van der Waals surface area contributed by atoms with Gasteiger partial charge in [-0.1, -0.05) is 30.3 Å². The number of aromatic nitrogens is 2. The molecule has 5 heteroatoms. The van der Waals surface area contributed by atoms with E-state index in [9.17, 15) is 9.18 Å². The summed E-state index contributed by atoms with van der Waals surface area (Å²) in [4.78, 5) is 19.4. The summed E-state index contributed by atoms with van der Waals surface area (Å²) in [7, 11) is 0. The highest BCUT2D eigenvalue weighted by Crippen LogP contribution is 2.14. The molecule has 0 radical (unpaired) electrons. The molecule has 116 valence electrons. The van der Waals surface area contributed by atoms with Crippen LogP contribution in [0.1, 0.15) is 16.8 Å². The van der Waals surface area contributed by atoms with E-state index in [1.165, 1.54) is 12.1 Å². The fourth-order valence-electron chi connectivity index (χ4n) is 2.35. The second kappa shape index (κ2) is 6.44. The van der Waals surface area contributed by atoms with Gasteiger partial charge in [-0.25, -0.2) is 9.37 Å². The van der Waals surface area contributed by atoms with Gasteiger partial charge in [0.05, 0.1) is 5.69 Å². The summed E-state index contributed by atoms with van der Waals surface area (Å²) in [6.45, 7) is 1.81. The highest BCUT2D eigenvalue weighted by atomic mass is 19.1. The Bertz CT molecular complexity index is 858. The Morgan fingerprint density at radius 2 is 1.78 bits per heavy atom. The third-order valence-corrected chi connectivity index (χ3v) is 3.55. The maximum Gasteiger partial charge on any atom is 0.256 e. The molecular formula is C18H16FN3O. The lowest BCUT2D eigenvalue weighted by molar-refractivity contribution is 0.628. The van der Waals surface area contributed by atoms with E-state index in [0.717, 1.165) is 5.56 Å². The first-order valence-corrected chi connectivity index (χ1v) is 7.28. The molecule has 23 heavy (non-hydrogen) atoms. The average molecular weight is 309 g/mol. The number of aryl methyl sites for hydroxylation is 1. The van der Waals surface area contributed by atoms with Crippen LogP contribution >= 0.6 is 0 Å². The quantitative estimate of drug-likeness (QED) is 0.775. The molecule has 3 aromatic rings. The van der Waals surface area contributed by atoms with Crippen molar-refractivity contribution in [3.05, 3.63) is 87.6 Å². The SMILES string of the molecule is Cc1nc(Nc2ccc(F)cc2)[nH]c(=O)c1Cc1ccccc1. The monoisotopic (exact) mass is 309 g/mol. The van der Waals surface area contributed by atoms with Crippen LogP contribution in [0.4, 0.5) is 16.0 Å². The predicted molar refractivity (Wildman–Crippen MR) is 88.5 cm³/mol. The summed E-state index contributed by atoms with van der Waals surface area (Å²) >= 11 is 0. The van der Waals surface area contributed by atoms with Crippen molar-refractivity contribution >= 4 is 11.6 Å². The van der Waals surface area contributed by atoms with Crippen molar-refractivity contribution in [2.45, 2.75) is 13.3 Å². The van der Waals surface area contributed by atoms with Gasteiger partial charge in [0.25, 0.3) is 5.56 Å². The summed E-state index contributed by atoms with van der Waals surface area (Å²) in [6, 6.07) is 15.6. The summed E-state index contributed by atoms with van der Waals surface area (Å²) in [5.41, 5.74) is 2.85. The third kappa shape index (κ3) is 3.63. The Morgan fingerprint density at radius 3 is 2.43 bits per heavy atom. The maximum atomic E-state index is 12.9. The number of nitrogens with one attached hydrogen (secondary N) is 2. The van der Waals surface area contributed by atoms with Gasteiger partial charge in [0, 0.05) is 17.7 Å². The lowest BCUT2D eigenvalue weighted by Crippen LogP contribution is -2.18. The Kier molecular flexibility index (Phi) is 4.19. The number of benzene rings is 2. The molecule has 0 fully saturated rings. The van der Waals surface area contributed by atoms with Crippen molar-refractivity contribution in [2.24, 2.45) is 0 Å². The fourth-order valence-corrected chi connectivity index (χ4v) is 2.35. The van der Waals surface area contributed by atoms with E-state index in [-0.39, 0.29) is 11.4 Å². The number of halogens is 1. The number of H-pyrrole nitrogens is 1. The minimum Gasteiger partial charge on any atom is -0.326 e. The Hall–Kier alpha value is -2.95. The highest BCUT2D eigenvalue weighted by Gasteiger charge is 2.09. The predicted octanol–water partition coefficient (Wildman–Crippen LogP) is 3.55. The Labute approximate surface area is 133 Å². The minimum absolute atomic E-state index is 0.175. The molecule has 2 aromatic carbocycles. The van der Waals surface area contributed by atoms with E-state index in [2.05, 4.69) is 15.3 Å². The molecule has 0 spiro atoms. The molecule has 0 saturated carbocycles. The molecule has 2 N–H and O–H groups in total. The van der Waals surface area contributed by atoms with E-state index in [4.69, 9.17) is 0 Å². The Morgan fingerprint density at radius 1 is 1.09 bits per heavy atom. The van der Waals surface area contributed by atoms with E-state index < -0.39 is 0 Å². The maximum absolute atomic E-state index is 12.9. The van der Waals surface area contributed by atoms with Gasteiger partial charge in [0.15, 0.2) is 0 Å². The largest absolute Gasteiger partial charge is 0.326 e. The molecule has 0 atom stereocenters. The van der Waals surface area contributed by atoms with Gasteiger partial charge in [-0.3, -0.25) is 9.78 Å². The molecule has 1 heterocycles. The molecule has 0 bridgehead atoms. The summed E-state index contributed by atoms with van der Waals surface area (Å²) in [6.07, 6.45) is 0.534. The number of aromatic amines is 1. The topological polar surface area (TPSA) is 57.8 Å². The minimum atomic E-state index is -0.314. The lowest BCUT2D eigenvalue weighted by Gasteiger charge is -2.09. The van der Waals surface area contributed by atoms with Crippen molar-refractivity contribution in [1.29, 1.82) is 0 Å².